The van der Waals surface area contributed by atoms with E-state index in [2.05, 4.69) is 16.7 Å². The van der Waals surface area contributed by atoms with Gasteiger partial charge in [0.2, 0.25) is 5.91 Å². The summed E-state index contributed by atoms with van der Waals surface area (Å²) in [6.45, 7) is 5.07. The molecular weight excluding hydrogens is 214 g/mol. The number of anilines is 1. The average Bonchev–Trinajstić information content (AvgIpc) is 2.32. The molecular formula is C13H17N3O. The molecule has 0 radical (unpaired) electrons. The van der Waals surface area contributed by atoms with Crippen molar-refractivity contribution in [1.29, 1.82) is 5.26 Å². The van der Waals surface area contributed by atoms with Gasteiger partial charge in [0.05, 0.1) is 18.2 Å². The second kappa shape index (κ2) is 6.66. The third-order valence-electron chi connectivity index (χ3n) is 2.35. The Balaban J connectivity index is 2.61. The first-order valence-electron chi connectivity index (χ1n) is 5.68. The SMILES string of the molecule is CCCNCC(=O)Nc1cc(C#N)ccc1C. The van der Waals surface area contributed by atoms with Gasteiger partial charge in [0.1, 0.15) is 0 Å². The van der Waals surface area contributed by atoms with Crippen LogP contribution in [0.2, 0.25) is 0 Å². The van der Waals surface area contributed by atoms with E-state index in [-0.39, 0.29) is 5.91 Å². The van der Waals surface area contributed by atoms with Crippen LogP contribution in [-0.2, 0) is 4.79 Å². The van der Waals surface area contributed by atoms with E-state index in [9.17, 15) is 4.79 Å². The van der Waals surface area contributed by atoms with E-state index >= 15 is 0 Å². The highest BCUT2D eigenvalue weighted by atomic mass is 16.1. The second-order valence-corrected chi connectivity index (χ2v) is 3.87. The molecule has 1 aromatic carbocycles. The van der Waals surface area contributed by atoms with Crippen molar-refractivity contribution in [2.24, 2.45) is 0 Å². The number of nitrogens with one attached hydrogen (secondary N) is 2. The van der Waals surface area contributed by atoms with Gasteiger partial charge in [-0.2, -0.15) is 5.26 Å². The van der Waals surface area contributed by atoms with Crippen LogP contribution in [0.3, 0.4) is 0 Å². The lowest BCUT2D eigenvalue weighted by Gasteiger charge is -2.09. The van der Waals surface area contributed by atoms with E-state index in [1.807, 2.05) is 19.9 Å². The molecule has 0 aliphatic rings. The fourth-order valence-corrected chi connectivity index (χ4v) is 1.40. The van der Waals surface area contributed by atoms with Crippen molar-refractivity contribution in [3.63, 3.8) is 0 Å². The summed E-state index contributed by atoms with van der Waals surface area (Å²) in [5, 5.41) is 14.6. The zero-order valence-corrected chi connectivity index (χ0v) is 10.2. The Morgan fingerprint density at radius 1 is 1.47 bits per heavy atom. The summed E-state index contributed by atoms with van der Waals surface area (Å²) in [4.78, 5) is 11.6. The number of carbonyl (C=O) groups is 1. The fourth-order valence-electron chi connectivity index (χ4n) is 1.40. The van der Waals surface area contributed by atoms with Crippen LogP contribution in [0.1, 0.15) is 24.5 Å². The number of nitrogens with zero attached hydrogens (tertiary/aromatic N) is 1. The minimum Gasteiger partial charge on any atom is -0.325 e. The molecule has 0 saturated carbocycles. The van der Waals surface area contributed by atoms with Gasteiger partial charge >= 0.3 is 0 Å². The minimum atomic E-state index is -0.0864. The Bertz CT molecular complexity index is 435. The molecule has 1 aromatic rings. The Hall–Kier alpha value is -1.86. The highest BCUT2D eigenvalue weighted by Crippen LogP contribution is 2.16. The topological polar surface area (TPSA) is 64.9 Å². The lowest BCUT2D eigenvalue weighted by molar-refractivity contribution is -0.115. The normalized spacial score (nSPS) is 9.71. The van der Waals surface area contributed by atoms with Crippen molar-refractivity contribution in [3.8, 4) is 6.07 Å². The maximum atomic E-state index is 11.6. The number of benzene rings is 1. The van der Waals surface area contributed by atoms with Gasteiger partial charge in [-0.25, -0.2) is 0 Å². The summed E-state index contributed by atoms with van der Waals surface area (Å²) in [5.74, 6) is -0.0864. The Morgan fingerprint density at radius 2 is 2.24 bits per heavy atom. The minimum absolute atomic E-state index is 0.0864. The zero-order chi connectivity index (χ0) is 12.7. The number of carbonyl (C=O) groups excluding carboxylic acids is 1. The van der Waals surface area contributed by atoms with Gasteiger partial charge in [0.15, 0.2) is 0 Å². The maximum Gasteiger partial charge on any atom is 0.238 e. The molecule has 0 aliphatic heterocycles. The molecule has 0 saturated heterocycles. The number of rotatable bonds is 5. The summed E-state index contributed by atoms with van der Waals surface area (Å²) < 4.78 is 0. The van der Waals surface area contributed by atoms with Gasteiger partial charge in [-0.3, -0.25) is 4.79 Å². The van der Waals surface area contributed by atoms with Crippen molar-refractivity contribution in [3.05, 3.63) is 29.3 Å². The molecule has 4 nitrogen and oxygen atoms in total. The third kappa shape index (κ3) is 4.25. The molecule has 2 N–H and O–H groups in total. The molecule has 0 aliphatic carbocycles. The average molecular weight is 231 g/mol. The van der Waals surface area contributed by atoms with Crippen molar-refractivity contribution in [1.82, 2.24) is 5.32 Å². The van der Waals surface area contributed by atoms with E-state index in [1.54, 1.807) is 12.1 Å². The smallest absolute Gasteiger partial charge is 0.238 e. The number of aryl methyl sites for hydroxylation is 1. The lowest BCUT2D eigenvalue weighted by Crippen LogP contribution is -2.28. The zero-order valence-electron chi connectivity index (χ0n) is 10.2. The predicted molar refractivity (Wildman–Crippen MR) is 67.7 cm³/mol. The maximum absolute atomic E-state index is 11.6. The largest absolute Gasteiger partial charge is 0.325 e. The van der Waals surface area contributed by atoms with Crippen LogP contribution in [0, 0.1) is 18.3 Å². The third-order valence-corrected chi connectivity index (χ3v) is 2.35. The summed E-state index contributed by atoms with van der Waals surface area (Å²) in [6, 6.07) is 7.30. The standard InChI is InChI=1S/C13H17N3O/c1-3-6-15-9-13(17)16-12-7-11(8-14)5-4-10(12)2/h4-5,7,15H,3,6,9H2,1-2H3,(H,16,17). The second-order valence-electron chi connectivity index (χ2n) is 3.87. The summed E-state index contributed by atoms with van der Waals surface area (Å²) in [6.07, 6.45) is 0.996. The number of hydrogen-bond acceptors (Lipinski definition) is 3. The van der Waals surface area contributed by atoms with Gasteiger partial charge in [0, 0.05) is 5.69 Å². The first-order valence-corrected chi connectivity index (χ1v) is 5.68. The lowest BCUT2D eigenvalue weighted by atomic mass is 10.1. The first-order chi connectivity index (χ1) is 8.17. The van der Waals surface area contributed by atoms with Crippen molar-refractivity contribution >= 4 is 11.6 Å². The Labute approximate surface area is 102 Å². The molecule has 0 bridgehead atoms. The predicted octanol–water partition coefficient (Wildman–Crippen LogP) is 1.80. The van der Waals surface area contributed by atoms with Gasteiger partial charge in [-0.1, -0.05) is 13.0 Å². The van der Waals surface area contributed by atoms with Crippen molar-refractivity contribution in [2.75, 3.05) is 18.4 Å². The number of nitriles is 1. The fraction of sp³-hybridized carbons (Fsp3) is 0.385. The molecule has 17 heavy (non-hydrogen) atoms. The molecule has 1 amide bonds. The van der Waals surface area contributed by atoms with E-state index in [1.165, 1.54) is 0 Å². The molecule has 0 fully saturated rings. The quantitative estimate of drug-likeness (QED) is 0.759. The van der Waals surface area contributed by atoms with Crippen LogP contribution in [0.25, 0.3) is 0 Å². The van der Waals surface area contributed by atoms with Gasteiger partial charge < -0.3 is 10.6 Å². The van der Waals surface area contributed by atoms with E-state index < -0.39 is 0 Å². The molecule has 0 heterocycles. The van der Waals surface area contributed by atoms with Crippen LogP contribution in [0.15, 0.2) is 18.2 Å². The summed E-state index contributed by atoms with van der Waals surface area (Å²) in [5.41, 5.74) is 2.20. The molecule has 1 rings (SSSR count). The summed E-state index contributed by atoms with van der Waals surface area (Å²) >= 11 is 0. The van der Waals surface area contributed by atoms with E-state index in [0.717, 1.165) is 18.5 Å². The van der Waals surface area contributed by atoms with Gasteiger partial charge in [-0.05, 0) is 37.6 Å². The van der Waals surface area contributed by atoms with E-state index in [4.69, 9.17) is 5.26 Å². The molecule has 0 spiro atoms. The number of hydrogen-bond donors (Lipinski definition) is 2. The van der Waals surface area contributed by atoms with E-state index in [0.29, 0.717) is 17.8 Å². The van der Waals surface area contributed by atoms with Gasteiger partial charge in [0.25, 0.3) is 0 Å². The number of amides is 1. The van der Waals surface area contributed by atoms with Crippen molar-refractivity contribution in [2.45, 2.75) is 20.3 Å². The Morgan fingerprint density at radius 3 is 2.88 bits per heavy atom. The van der Waals surface area contributed by atoms with Crippen LogP contribution in [0.5, 0.6) is 0 Å². The molecule has 4 heteroatoms. The highest BCUT2D eigenvalue weighted by molar-refractivity contribution is 5.93. The summed E-state index contributed by atoms with van der Waals surface area (Å²) in [7, 11) is 0. The monoisotopic (exact) mass is 231 g/mol. The van der Waals surface area contributed by atoms with Crippen LogP contribution >= 0.6 is 0 Å². The molecule has 0 aromatic heterocycles. The van der Waals surface area contributed by atoms with Crippen LogP contribution in [-0.4, -0.2) is 19.0 Å². The van der Waals surface area contributed by atoms with Crippen molar-refractivity contribution < 1.29 is 4.79 Å². The first kappa shape index (κ1) is 13.2. The molecule has 0 unspecified atom stereocenters. The highest BCUT2D eigenvalue weighted by Gasteiger charge is 2.05. The Kier molecular flexibility index (Phi) is 5.18. The van der Waals surface area contributed by atoms with Gasteiger partial charge in [-0.15, -0.1) is 0 Å². The molecule has 0 atom stereocenters. The van der Waals surface area contributed by atoms with Crippen LogP contribution < -0.4 is 10.6 Å². The van der Waals surface area contributed by atoms with Crippen LogP contribution in [0.4, 0.5) is 5.69 Å². The molecule has 90 valence electrons.